The van der Waals surface area contributed by atoms with Crippen LogP contribution in [0.2, 0.25) is 0 Å². The fourth-order valence-corrected chi connectivity index (χ4v) is 3.42. The summed E-state index contributed by atoms with van der Waals surface area (Å²) in [5, 5.41) is 3.90. The van der Waals surface area contributed by atoms with Gasteiger partial charge in [0.25, 0.3) is 5.91 Å². The van der Waals surface area contributed by atoms with Crippen molar-refractivity contribution in [3.63, 3.8) is 0 Å². The number of carbonyl (C=O) groups is 1. The van der Waals surface area contributed by atoms with Crippen LogP contribution < -0.4 is 5.32 Å². The Morgan fingerprint density at radius 3 is 2.88 bits per heavy atom. The van der Waals surface area contributed by atoms with Crippen LogP contribution in [-0.4, -0.2) is 30.1 Å². The summed E-state index contributed by atoms with van der Waals surface area (Å²) in [5.74, 6) is -0.0759. The van der Waals surface area contributed by atoms with E-state index < -0.39 is 0 Å². The van der Waals surface area contributed by atoms with Crippen LogP contribution in [-0.2, 0) is 4.74 Å². The molecule has 1 aliphatic heterocycles. The summed E-state index contributed by atoms with van der Waals surface area (Å²) in [7, 11) is 0. The van der Waals surface area contributed by atoms with Crippen LogP contribution in [0.15, 0.2) is 54.6 Å². The summed E-state index contributed by atoms with van der Waals surface area (Å²) in [6, 6.07) is 17.9. The van der Waals surface area contributed by atoms with Crippen molar-refractivity contribution < 1.29 is 9.53 Å². The SMILES string of the molecule is Cc1cccc(-c2cc(C(=O)NC[C@@H]3CCCO3)c3ccccc3n2)c1. The lowest BCUT2D eigenvalue weighted by molar-refractivity contribution is 0.0859. The predicted octanol–water partition coefficient (Wildman–Crippen LogP) is 4.12. The first-order chi connectivity index (χ1) is 12.7. The number of hydrogen-bond acceptors (Lipinski definition) is 3. The van der Waals surface area contributed by atoms with Crippen LogP contribution in [0.25, 0.3) is 22.2 Å². The van der Waals surface area contributed by atoms with Crippen molar-refractivity contribution >= 4 is 16.8 Å². The van der Waals surface area contributed by atoms with Gasteiger partial charge < -0.3 is 10.1 Å². The van der Waals surface area contributed by atoms with Gasteiger partial charge in [0.1, 0.15) is 0 Å². The molecule has 1 aromatic heterocycles. The van der Waals surface area contributed by atoms with E-state index in [1.807, 2.05) is 42.5 Å². The molecule has 1 amide bonds. The number of hydrogen-bond donors (Lipinski definition) is 1. The number of nitrogens with one attached hydrogen (secondary N) is 1. The van der Waals surface area contributed by atoms with E-state index in [2.05, 4.69) is 24.4 Å². The van der Waals surface area contributed by atoms with Crippen LogP contribution in [0.3, 0.4) is 0 Å². The fourth-order valence-electron chi connectivity index (χ4n) is 3.42. The van der Waals surface area contributed by atoms with Crippen molar-refractivity contribution in [2.24, 2.45) is 0 Å². The second-order valence-corrected chi connectivity index (χ2v) is 6.79. The Morgan fingerprint density at radius 2 is 2.08 bits per heavy atom. The molecule has 2 aromatic carbocycles. The van der Waals surface area contributed by atoms with Gasteiger partial charge in [-0.2, -0.15) is 0 Å². The molecule has 1 atom stereocenters. The first-order valence-electron chi connectivity index (χ1n) is 9.07. The van der Waals surface area contributed by atoms with Crippen molar-refractivity contribution in [2.75, 3.05) is 13.2 Å². The van der Waals surface area contributed by atoms with Gasteiger partial charge >= 0.3 is 0 Å². The normalized spacial score (nSPS) is 16.7. The van der Waals surface area contributed by atoms with Gasteiger partial charge in [0.15, 0.2) is 0 Å². The summed E-state index contributed by atoms with van der Waals surface area (Å²) >= 11 is 0. The first kappa shape index (κ1) is 16.7. The molecule has 1 fully saturated rings. The van der Waals surface area contributed by atoms with Crippen molar-refractivity contribution in [2.45, 2.75) is 25.9 Å². The number of benzene rings is 2. The summed E-state index contributed by atoms with van der Waals surface area (Å²) < 4.78 is 5.61. The molecule has 2 heterocycles. The highest BCUT2D eigenvalue weighted by atomic mass is 16.5. The molecule has 0 spiro atoms. The Kier molecular flexibility index (Phi) is 4.67. The average Bonchev–Trinajstić information content (AvgIpc) is 3.19. The molecule has 4 rings (SSSR count). The topological polar surface area (TPSA) is 51.2 Å². The average molecular weight is 346 g/mol. The second-order valence-electron chi connectivity index (χ2n) is 6.79. The van der Waals surface area contributed by atoms with Gasteiger partial charge in [0.05, 0.1) is 22.9 Å². The third-order valence-electron chi connectivity index (χ3n) is 4.79. The Hall–Kier alpha value is -2.72. The van der Waals surface area contributed by atoms with Gasteiger partial charge in [-0.15, -0.1) is 0 Å². The minimum atomic E-state index is -0.0759. The van der Waals surface area contributed by atoms with Crippen molar-refractivity contribution in [3.05, 3.63) is 65.7 Å². The number of fused-ring (bicyclic) bond motifs is 1. The number of ether oxygens (including phenoxy) is 1. The smallest absolute Gasteiger partial charge is 0.252 e. The molecule has 26 heavy (non-hydrogen) atoms. The Labute approximate surface area is 153 Å². The molecular formula is C22H22N2O2. The molecule has 4 heteroatoms. The van der Waals surface area contributed by atoms with E-state index in [1.54, 1.807) is 0 Å². The molecule has 132 valence electrons. The summed E-state index contributed by atoms with van der Waals surface area (Å²) in [5.41, 5.74) is 4.49. The molecule has 0 radical (unpaired) electrons. The number of para-hydroxylation sites is 1. The van der Waals surface area contributed by atoms with Crippen molar-refractivity contribution in [1.82, 2.24) is 10.3 Å². The van der Waals surface area contributed by atoms with Crippen LogP contribution in [0.5, 0.6) is 0 Å². The zero-order valence-corrected chi connectivity index (χ0v) is 14.9. The van der Waals surface area contributed by atoms with Crippen LogP contribution in [0, 0.1) is 6.92 Å². The molecule has 0 aliphatic carbocycles. The summed E-state index contributed by atoms with van der Waals surface area (Å²) in [6.45, 7) is 3.39. The van der Waals surface area contributed by atoms with E-state index in [9.17, 15) is 4.79 Å². The third kappa shape index (κ3) is 3.46. The van der Waals surface area contributed by atoms with Crippen molar-refractivity contribution in [3.8, 4) is 11.3 Å². The Morgan fingerprint density at radius 1 is 1.19 bits per heavy atom. The second kappa shape index (κ2) is 7.26. The number of amides is 1. The minimum absolute atomic E-state index is 0.0759. The van der Waals surface area contributed by atoms with E-state index in [4.69, 9.17) is 9.72 Å². The maximum absolute atomic E-state index is 12.9. The van der Waals surface area contributed by atoms with Crippen LogP contribution in [0.1, 0.15) is 28.8 Å². The molecule has 0 saturated carbocycles. The molecule has 3 aromatic rings. The monoisotopic (exact) mass is 346 g/mol. The quantitative estimate of drug-likeness (QED) is 0.773. The molecule has 1 aliphatic rings. The van der Waals surface area contributed by atoms with Gasteiger partial charge in [-0.1, -0.05) is 42.0 Å². The molecular weight excluding hydrogens is 324 g/mol. The number of rotatable bonds is 4. The highest BCUT2D eigenvalue weighted by molar-refractivity contribution is 6.07. The highest BCUT2D eigenvalue weighted by Crippen LogP contribution is 2.25. The first-order valence-corrected chi connectivity index (χ1v) is 9.07. The highest BCUT2D eigenvalue weighted by Gasteiger charge is 2.18. The fraction of sp³-hybridized carbons (Fsp3) is 0.273. The zero-order chi connectivity index (χ0) is 17.9. The zero-order valence-electron chi connectivity index (χ0n) is 14.9. The Balaban J connectivity index is 1.71. The standard InChI is InChI=1S/C22H22N2O2/c1-15-6-4-7-16(12-15)21-13-19(18-9-2-3-10-20(18)24-21)22(25)23-14-17-8-5-11-26-17/h2-4,6-7,9-10,12-13,17H,5,8,11,14H2,1H3,(H,23,25)/t17-/m0/s1. The summed E-state index contributed by atoms with van der Waals surface area (Å²) in [6.07, 6.45) is 2.20. The summed E-state index contributed by atoms with van der Waals surface area (Å²) in [4.78, 5) is 17.6. The molecule has 1 saturated heterocycles. The lowest BCUT2D eigenvalue weighted by Crippen LogP contribution is -2.31. The molecule has 4 nitrogen and oxygen atoms in total. The minimum Gasteiger partial charge on any atom is -0.376 e. The van der Waals surface area contributed by atoms with Crippen molar-refractivity contribution in [1.29, 1.82) is 0 Å². The van der Waals surface area contributed by atoms with Gasteiger partial charge in [-0.25, -0.2) is 4.98 Å². The Bertz CT molecular complexity index is 946. The lowest BCUT2D eigenvalue weighted by Gasteiger charge is -2.13. The predicted molar refractivity (Wildman–Crippen MR) is 103 cm³/mol. The molecule has 1 N–H and O–H groups in total. The number of carbonyl (C=O) groups excluding carboxylic acids is 1. The van der Waals surface area contributed by atoms with E-state index in [1.165, 1.54) is 5.56 Å². The maximum atomic E-state index is 12.9. The number of aryl methyl sites for hydroxylation is 1. The van der Waals surface area contributed by atoms with E-state index in [0.717, 1.165) is 41.6 Å². The lowest BCUT2D eigenvalue weighted by atomic mass is 10.0. The van der Waals surface area contributed by atoms with Crippen LogP contribution >= 0.6 is 0 Å². The van der Waals surface area contributed by atoms with Gasteiger partial charge in [0, 0.05) is 24.1 Å². The van der Waals surface area contributed by atoms with Crippen LogP contribution in [0.4, 0.5) is 0 Å². The van der Waals surface area contributed by atoms with Gasteiger partial charge in [-0.05, 0) is 38.0 Å². The number of pyridine rings is 1. The number of aromatic nitrogens is 1. The van der Waals surface area contributed by atoms with E-state index >= 15 is 0 Å². The maximum Gasteiger partial charge on any atom is 0.252 e. The largest absolute Gasteiger partial charge is 0.376 e. The number of nitrogens with zero attached hydrogens (tertiary/aromatic N) is 1. The van der Waals surface area contributed by atoms with E-state index in [0.29, 0.717) is 12.1 Å². The van der Waals surface area contributed by atoms with E-state index in [-0.39, 0.29) is 12.0 Å². The third-order valence-corrected chi connectivity index (χ3v) is 4.79. The van der Waals surface area contributed by atoms with Gasteiger partial charge in [-0.3, -0.25) is 4.79 Å². The molecule has 0 unspecified atom stereocenters. The molecule has 0 bridgehead atoms. The van der Waals surface area contributed by atoms with Gasteiger partial charge in [0.2, 0.25) is 0 Å².